The van der Waals surface area contributed by atoms with Crippen LogP contribution in [0.2, 0.25) is 31.4 Å². The zero-order chi connectivity index (χ0) is 21.1. The molecule has 27 heavy (non-hydrogen) atoms. The molecular weight excluding hydrogens is 519 g/mol. The molecule has 0 radical (unpaired) electrons. The molecule has 0 fully saturated rings. The van der Waals surface area contributed by atoms with Gasteiger partial charge in [0.2, 0.25) is 0 Å². The maximum absolute atomic E-state index is 12.9. The molecule has 0 rings (SSSR count). The molecule has 0 saturated heterocycles. The fraction of sp³-hybridized carbons (Fsp3) is 0.957. The molecule has 0 aliphatic rings. The Morgan fingerprint density at radius 2 is 1.30 bits per heavy atom. The molecular formula is C23H49BrOSiSn. The van der Waals surface area contributed by atoms with Gasteiger partial charge in [-0.25, -0.2) is 0 Å². The number of hydrogen-bond donors (Lipinski definition) is 0. The van der Waals surface area contributed by atoms with Crippen LogP contribution in [0.4, 0.5) is 0 Å². The molecule has 0 aromatic carbocycles. The van der Waals surface area contributed by atoms with E-state index in [9.17, 15) is 4.79 Å². The molecule has 1 nitrogen and oxygen atoms in total. The predicted molar refractivity (Wildman–Crippen MR) is 134 cm³/mol. The molecule has 162 valence electrons. The average molecular weight is 568 g/mol. The monoisotopic (exact) mass is 568 g/mol. The zero-order valence-electron chi connectivity index (χ0n) is 19.8. The van der Waals surface area contributed by atoms with Gasteiger partial charge in [-0.15, -0.1) is 0 Å². The van der Waals surface area contributed by atoms with Gasteiger partial charge >= 0.3 is 186 Å². The second-order valence-electron chi connectivity index (χ2n) is 10.3. The van der Waals surface area contributed by atoms with Crippen molar-refractivity contribution in [3.63, 3.8) is 0 Å². The Kier molecular flexibility index (Phi) is 14.0. The molecule has 1 atom stereocenters. The summed E-state index contributed by atoms with van der Waals surface area (Å²) < 4.78 is 5.43. The number of unbranched alkanes of at least 4 members (excludes halogenated alkanes) is 3. The van der Waals surface area contributed by atoms with Crippen LogP contribution in [0.1, 0.15) is 99.3 Å². The third kappa shape index (κ3) is 9.23. The molecule has 0 heterocycles. The molecule has 4 heteroatoms. The molecule has 0 bridgehead atoms. The van der Waals surface area contributed by atoms with Gasteiger partial charge in [0.1, 0.15) is 0 Å². The zero-order valence-corrected chi connectivity index (χ0v) is 25.3. The van der Waals surface area contributed by atoms with E-state index in [-0.39, 0.29) is 5.04 Å². The number of carbonyl (C=O) groups is 1. The summed E-state index contributed by atoms with van der Waals surface area (Å²) in [7, 11) is -1.83. The van der Waals surface area contributed by atoms with Gasteiger partial charge in [0.15, 0.2) is 0 Å². The Morgan fingerprint density at radius 1 is 0.889 bits per heavy atom. The van der Waals surface area contributed by atoms with E-state index < -0.39 is 26.5 Å². The Morgan fingerprint density at radius 3 is 1.63 bits per heavy atom. The van der Waals surface area contributed by atoms with Gasteiger partial charge in [-0.05, 0) is 0 Å². The van der Waals surface area contributed by atoms with Gasteiger partial charge in [0.25, 0.3) is 0 Å². The van der Waals surface area contributed by atoms with Crippen molar-refractivity contribution in [1.82, 2.24) is 0 Å². The first kappa shape index (κ1) is 28.2. The molecule has 0 aliphatic carbocycles. The van der Waals surface area contributed by atoms with Crippen LogP contribution >= 0.6 is 15.9 Å². The average Bonchev–Trinajstić information content (AvgIpc) is 2.60. The van der Waals surface area contributed by atoms with Gasteiger partial charge in [-0.3, -0.25) is 0 Å². The van der Waals surface area contributed by atoms with Gasteiger partial charge in [0.05, 0.1) is 0 Å². The van der Waals surface area contributed by atoms with Crippen molar-refractivity contribution in [2.24, 2.45) is 0 Å². The summed E-state index contributed by atoms with van der Waals surface area (Å²) in [6.07, 6.45) is 11.4. The predicted octanol–water partition coefficient (Wildman–Crippen LogP) is 8.93. The molecule has 0 spiro atoms. The van der Waals surface area contributed by atoms with Crippen LogP contribution in [0.5, 0.6) is 0 Å². The molecule has 0 aliphatic heterocycles. The third-order valence-corrected chi connectivity index (χ3v) is 35.7. The van der Waals surface area contributed by atoms with E-state index in [2.05, 4.69) is 70.6 Å². The van der Waals surface area contributed by atoms with E-state index in [4.69, 9.17) is 0 Å². The Bertz CT molecular complexity index is 395. The van der Waals surface area contributed by atoms with Crippen LogP contribution in [0.25, 0.3) is 0 Å². The number of halogens is 1. The summed E-state index contributed by atoms with van der Waals surface area (Å²) >= 11 is 2.04. The summed E-state index contributed by atoms with van der Waals surface area (Å²) in [6.45, 7) is 18.3. The van der Waals surface area contributed by atoms with Crippen LogP contribution in [0.3, 0.4) is 0 Å². The maximum atomic E-state index is 12.9. The standard InChI is InChI=1S/C11H22BrOSi.3C4H9.Sn/c1-11(2,3)14(4,5)10(13)8-6-7-9-12;3*1-3-4-2;/h9H,6-8H2,1-5H3;3*1,3-4H2,2H3;. The third-order valence-electron chi connectivity index (χ3n) is 7.18. The van der Waals surface area contributed by atoms with Crippen LogP contribution in [0, 0.1) is 0 Å². The van der Waals surface area contributed by atoms with Crippen molar-refractivity contribution in [1.29, 1.82) is 0 Å². The van der Waals surface area contributed by atoms with Crippen LogP contribution in [-0.4, -0.2) is 34.7 Å². The Labute approximate surface area is 185 Å². The fourth-order valence-corrected chi connectivity index (χ4v) is 26.7. The molecule has 0 aromatic rings. The number of rotatable bonds is 15. The first-order valence-electron chi connectivity index (χ1n) is 11.7. The van der Waals surface area contributed by atoms with E-state index in [1.54, 1.807) is 13.3 Å². The van der Waals surface area contributed by atoms with E-state index in [1.165, 1.54) is 44.9 Å². The van der Waals surface area contributed by atoms with Crippen LogP contribution in [0.15, 0.2) is 0 Å². The van der Waals surface area contributed by atoms with Crippen LogP contribution in [-0.2, 0) is 4.79 Å². The Hall–Kier alpha value is 1.17. The van der Waals surface area contributed by atoms with Crippen molar-refractivity contribution < 1.29 is 4.79 Å². The number of hydrogen-bond acceptors (Lipinski definition) is 1. The van der Waals surface area contributed by atoms with E-state index in [0.29, 0.717) is 5.41 Å². The van der Waals surface area contributed by atoms with Gasteiger partial charge < -0.3 is 0 Å². The second-order valence-corrected chi connectivity index (χ2v) is 33.2. The summed E-state index contributed by atoms with van der Waals surface area (Å²) in [6, 6.07) is 0. The Balaban J connectivity index is 5.00. The minimum absolute atomic E-state index is 0.171. The first-order chi connectivity index (χ1) is 12.5. The van der Waals surface area contributed by atoms with Crippen LogP contribution < -0.4 is 0 Å². The summed E-state index contributed by atoms with van der Waals surface area (Å²) in [5.74, 6) is 0. The quantitative estimate of drug-likeness (QED) is 0.142. The molecule has 0 saturated carbocycles. The number of alkyl halides is 1. The van der Waals surface area contributed by atoms with E-state index in [0.717, 1.165) is 15.7 Å². The van der Waals surface area contributed by atoms with Crippen molar-refractivity contribution in [3.8, 4) is 0 Å². The summed E-state index contributed by atoms with van der Waals surface area (Å²) in [4.78, 5) is 12.9. The number of carbonyl (C=O) groups excluding carboxylic acids is 1. The van der Waals surface area contributed by atoms with Crippen molar-refractivity contribution >= 4 is 47.8 Å². The fourth-order valence-electron chi connectivity index (χ4n) is 3.91. The van der Waals surface area contributed by atoms with Crippen molar-refractivity contribution in [2.45, 2.75) is 134 Å². The van der Waals surface area contributed by atoms with Crippen molar-refractivity contribution in [2.75, 3.05) is 0 Å². The van der Waals surface area contributed by atoms with E-state index in [1.807, 2.05) is 0 Å². The molecule has 0 N–H and O–H groups in total. The normalized spacial score (nSPS) is 14.4. The second kappa shape index (κ2) is 13.5. The molecule has 0 amide bonds. The van der Waals surface area contributed by atoms with Gasteiger partial charge in [-0.2, -0.15) is 0 Å². The SMILES string of the molecule is CCC[CH2][Sn]([CH2]CCC)([CH2]CCC)[CH](Br)CCCC(=O)[Si](C)(C)C(C)(C)C. The summed E-state index contributed by atoms with van der Waals surface area (Å²) in [5, 5.41) is 0.760. The summed E-state index contributed by atoms with van der Waals surface area (Å²) in [5.41, 5.74) is 0. The molecule has 1 unspecified atom stereocenters. The van der Waals surface area contributed by atoms with Gasteiger partial charge in [-0.1, -0.05) is 0 Å². The van der Waals surface area contributed by atoms with Crippen molar-refractivity contribution in [3.05, 3.63) is 0 Å². The first-order valence-corrected chi connectivity index (χ1v) is 23.3. The van der Waals surface area contributed by atoms with Gasteiger partial charge in [0, 0.05) is 0 Å². The minimum atomic E-state index is -2.19. The topological polar surface area (TPSA) is 17.1 Å². The van der Waals surface area contributed by atoms with E-state index >= 15 is 0 Å². The molecule has 0 aromatic heterocycles.